The maximum atomic E-state index is 14.8. The van der Waals surface area contributed by atoms with Crippen molar-refractivity contribution in [2.75, 3.05) is 0 Å². The summed E-state index contributed by atoms with van der Waals surface area (Å²) in [7, 11) is 0. The molecule has 0 spiro atoms. The Balaban J connectivity index is 1.56. The second-order valence-electron chi connectivity index (χ2n) is 9.25. The number of benzene rings is 2. The van der Waals surface area contributed by atoms with Crippen molar-refractivity contribution in [3.05, 3.63) is 75.0 Å². The van der Waals surface area contributed by atoms with Crippen molar-refractivity contribution in [2.24, 2.45) is 5.92 Å². The van der Waals surface area contributed by atoms with Crippen molar-refractivity contribution in [1.82, 2.24) is 20.2 Å². The number of aromatic amines is 1. The SMILES string of the molecule is Cc1[nH]c([C@H]([C@@H](C)c2ccccc2)N2C(=O)N[C@H](CC3CC3)C2=O)nc1-c1ccc(I)cc1F. The third kappa shape index (κ3) is 4.35. The molecule has 34 heavy (non-hydrogen) atoms. The lowest BCUT2D eigenvalue weighted by molar-refractivity contribution is -0.129. The number of carbonyl (C=O) groups excluding carboxylic acids is 2. The van der Waals surface area contributed by atoms with Gasteiger partial charge in [0.05, 0.1) is 5.69 Å². The van der Waals surface area contributed by atoms with Gasteiger partial charge < -0.3 is 10.3 Å². The van der Waals surface area contributed by atoms with Gasteiger partial charge in [-0.3, -0.25) is 9.69 Å². The van der Waals surface area contributed by atoms with Crippen LogP contribution in [0.3, 0.4) is 0 Å². The topological polar surface area (TPSA) is 78.1 Å². The minimum absolute atomic E-state index is 0.222. The number of hydrogen-bond acceptors (Lipinski definition) is 3. The Labute approximate surface area is 211 Å². The summed E-state index contributed by atoms with van der Waals surface area (Å²) in [5, 5.41) is 2.89. The van der Waals surface area contributed by atoms with Gasteiger partial charge >= 0.3 is 6.03 Å². The molecular weight excluding hydrogens is 546 g/mol. The molecule has 1 saturated heterocycles. The van der Waals surface area contributed by atoms with Crippen LogP contribution in [0.25, 0.3) is 11.3 Å². The highest BCUT2D eigenvalue weighted by Gasteiger charge is 2.47. The van der Waals surface area contributed by atoms with Gasteiger partial charge in [0.2, 0.25) is 0 Å². The van der Waals surface area contributed by atoms with Crippen LogP contribution in [-0.2, 0) is 4.79 Å². The summed E-state index contributed by atoms with van der Waals surface area (Å²) < 4.78 is 15.6. The summed E-state index contributed by atoms with van der Waals surface area (Å²) in [6, 6.07) is 13.2. The second-order valence-corrected chi connectivity index (χ2v) is 10.5. The zero-order valence-corrected chi connectivity index (χ0v) is 21.2. The minimum atomic E-state index is -0.654. The molecular formula is C26H26FIN4O2. The summed E-state index contributed by atoms with van der Waals surface area (Å²) in [4.78, 5) is 35.9. The molecule has 0 unspecified atom stereocenters. The maximum Gasteiger partial charge on any atom is 0.325 e. The Morgan fingerprint density at radius 3 is 2.59 bits per heavy atom. The summed E-state index contributed by atoms with van der Waals surface area (Å²) in [5.74, 6) is 0.161. The van der Waals surface area contributed by atoms with E-state index in [1.54, 1.807) is 6.07 Å². The molecule has 2 heterocycles. The lowest BCUT2D eigenvalue weighted by atomic mass is 9.91. The number of carbonyl (C=O) groups is 2. The van der Waals surface area contributed by atoms with Crippen LogP contribution in [0.15, 0.2) is 48.5 Å². The van der Waals surface area contributed by atoms with Gasteiger partial charge in [-0.05, 0) is 65.6 Å². The van der Waals surface area contributed by atoms with E-state index in [9.17, 15) is 14.0 Å². The van der Waals surface area contributed by atoms with Crippen LogP contribution >= 0.6 is 22.6 Å². The van der Waals surface area contributed by atoms with E-state index in [0.29, 0.717) is 35.1 Å². The molecule has 2 aliphatic rings. The van der Waals surface area contributed by atoms with Gasteiger partial charge in [0.15, 0.2) is 0 Å². The van der Waals surface area contributed by atoms with Crippen LogP contribution in [0.2, 0.25) is 0 Å². The first-order chi connectivity index (χ1) is 16.3. The lowest BCUT2D eigenvalue weighted by Gasteiger charge is -2.29. The van der Waals surface area contributed by atoms with E-state index in [4.69, 9.17) is 4.98 Å². The second kappa shape index (κ2) is 9.13. The maximum absolute atomic E-state index is 14.8. The highest BCUT2D eigenvalue weighted by molar-refractivity contribution is 14.1. The number of amides is 3. The predicted octanol–water partition coefficient (Wildman–Crippen LogP) is 5.69. The molecule has 1 saturated carbocycles. The number of imidazole rings is 1. The fourth-order valence-electron chi connectivity index (χ4n) is 4.75. The quantitative estimate of drug-likeness (QED) is 0.282. The summed E-state index contributed by atoms with van der Waals surface area (Å²) in [6.07, 6.45) is 2.88. The third-order valence-corrected chi connectivity index (χ3v) is 7.44. The van der Waals surface area contributed by atoms with Crippen LogP contribution in [0.4, 0.5) is 9.18 Å². The number of nitrogens with zero attached hydrogens (tertiary/aromatic N) is 2. The molecule has 1 aliphatic carbocycles. The molecule has 3 amide bonds. The van der Waals surface area contributed by atoms with Gasteiger partial charge in [0.25, 0.3) is 5.91 Å². The number of nitrogens with one attached hydrogen (secondary N) is 2. The Kier molecular flexibility index (Phi) is 6.18. The van der Waals surface area contributed by atoms with Crippen molar-refractivity contribution >= 4 is 34.5 Å². The first kappa shape index (κ1) is 23.0. The van der Waals surface area contributed by atoms with Gasteiger partial charge in [-0.25, -0.2) is 14.2 Å². The molecule has 0 bridgehead atoms. The molecule has 2 N–H and O–H groups in total. The average Bonchev–Trinajstić information content (AvgIpc) is 3.50. The largest absolute Gasteiger partial charge is 0.344 e. The Bertz CT molecular complexity index is 1240. The first-order valence-electron chi connectivity index (χ1n) is 11.5. The number of aryl methyl sites for hydroxylation is 1. The molecule has 176 valence electrons. The van der Waals surface area contributed by atoms with E-state index in [1.807, 2.05) is 50.2 Å². The van der Waals surface area contributed by atoms with Crippen molar-refractivity contribution in [3.63, 3.8) is 0 Å². The highest BCUT2D eigenvalue weighted by atomic mass is 127. The molecule has 0 radical (unpaired) electrons. The molecule has 3 atom stereocenters. The Hall–Kier alpha value is -2.75. The highest BCUT2D eigenvalue weighted by Crippen LogP contribution is 2.40. The number of halogens is 2. The van der Waals surface area contributed by atoms with E-state index >= 15 is 0 Å². The van der Waals surface area contributed by atoms with E-state index in [2.05, 4.69) is 32.9 Å². The summed E-state index contributed by atoms with van der Waals surface area (Å²) in [5.41, 5.74) is 2.53. The van der Waals surface area contributed by atoms with Crippen molar-refractivity contribution in [3.8, 4) is 11.3 Å². The zero-order valence-electron chi connectivity index (χ0n) is 19.0. The number of imide groups is 1. The molecule has 8 heteroatoms. The molecule has 6 nitrogen and oxygen atoms in total. The van der Waals surface area contributed by atoms with Gasteiger partial charge in [-0.2, -0.15) is 0 Å². The number of H-pyrrole nitrogens is 1. The molecule has 3 aromatic rings. The molecule has 1 aromatic heterocycles. The smallest absolute Gasteiger partial charge is 0.325 e. The van der Waals surface area contributed by atoms with Crippen molar-refractivity contribution in [2.45, 2.75) is 51.1 Å². The number of urea groups is 1. The van der Waals surface area contributed by atoms with E-state index in [1.165, 1.54) is 11.0 Å². The van der Waals surface area contributed by atoms with Gasteiger partial charge in [0, 0.05) is 20.7 Å². The fourth-order valence-corrected chi connectivity index (χ4v) is 5.20. The van der Waals surface area contributed by atoms with Crippen LogP contribution in [0, 0.1) is 22.2 Å². The third-order valence-electron chi connectivity index (χ3n) is 6.76. The molecule has 2 aromatic carbocycles. The monoisotopic (exact) mass is 572 g/mol. The average molecular weight is 572 g/mol. The lowest BCUT2D eigenvalue weighted by Crippen LogP contribution is -2.38. The number of hydrogen-bond donors (Lipinski definition) is 2. The zero-order chi connectivity index (χ0) is 24.0. The van der Waals surface area contributed by atoms with E-state index in [-0.39, 0.29) is 17.6 Å². The summed E-state index contributed by atoms with van der Waals surface area (Å²) in [6.45, 7) is 3.81. The standard InChI is InChI=1S/C26H26FIN4O2/c1-14(17-6-4-3-5-7-17)23(32-25(33)21(30-26(32)34)12-16-8-9-16)24-29-15(2)22(31-24)19-11-10-18(28)13-20(19)27/h3-7,10-11,13-14,16,21,23H,8-9,12H2,1-2H3,(H,29,31)(H,30,34)/t14-,21+,23-/m0/s1. The van der Waals surface area contributed by atoms with E-state index in [0.717, 1.165) is 22.0 Å². The molecule has 2 fully saturated rings. The van der Waals surface area contributed by atoms with Crippen LogP contribution in [0.5, 0.6) is 0 Å². The predicted molar refractivity (Wildman–Crippen MR) is 136 cm³/mol. The van der Waals surface area contributed by atoms with Crippen LogP contribution in [-0.4, -0.2) is 32.8 Å². The first-order valence-corrected chi connectivity index (χ1v) is 12.6. The number of rotatable bonds is 7. The number of aromatic nitrogens is 2. The van der Waals surface area contributed by atoms with Gasteiger partial charge in [-0.1, -0.05) is 50.1 Å². The molecule has 5 rings (SSSR count). The van der Waals surface area contributed by atoms with Crippen molar-refractivity contribution in [1.29, 1.82) is 0 Å². The van der Waals surface area contributed by atoms with Crippen molar-refractivity contribution < 1.29 is 14.0 Å². The normalized spacial score (nSPS) is 19.9. The van der Waals surface area contributed by atoms with Gasteiger partial charge in [-0.15, -0.1) is 0 Å². The summed E-state index contributed by atoms with van der Waals surface area (Å²) >= 11 is 2.07. The van der Waals surface area contributed by atoms with Crippen LogP contribution in [0.1, 0.15) is 55.2 Å². The van der Waals surface area contributed by atoms with E-state index < -0.39 is 18.1 Å². The molecule has 1 aliphatic heterocycles. The Morgan fingerprint density at radius 2 is 1.91 bits per heavy atom. The van der Waals surface area contributed by atoms with Gasteiger partial charge in [0.1, 0.15) is 23.7 Å². The Morgan fingerprint density at radius 1 is 1.18 bits per heavy atom. The minimum Gasteiger partial charge on any atom is -0.344 e. The van der Waals surface area contributed by atoms with Crippen LogP contribution < -0.4 is 5.32 Å². The fraction of sp³-hybridized carbons (Fsp3) is 0.346.